The van der Waals surface area contributed by atoms with E-state index in [-0.39, 0.29) is 5.91 Å². The summed E-state index contributed by atoms with van der Waals surface area (Å²) < 4.78 is 4.76. The highest BCUT2D eigenvalue weighted by molar-refractivity contribution is 7.12. The number of nitrogens with one attached hydrogen (secondary N) is 1. The molecule has 27 heavy (non-hydrogen) atoms. The normalized spacial score (nSPS) is 13.8. The number of methoxy groups -OCH3 is 1. The van der Waals surface area contributed by atoms with Crippen molar-refractivity contribution in [2.24, 2.45) is 0 Å². The molecule has 0 radical (unpaired) electrons. The van der Waals surface area contributed by atoms with Crippen molar-refractivity contribution >= 4 is 28.9 Å². The zero-order valence-corrected chi connectivity index (χ0v) is 16.8. The van der Waals surface area contributed by atoms with Crippen molar-refractivity contribution in [3.05, 3.63) is 51.7 Å². The average molecular weight is 387 g/mol. The van der Waals surface area contributed by atoms with Crippen molar-refractivity contribution in [2.45, 2.75) is 45.2 Å². The first-order valence-electron chi connectivity index (χ1n) is 9.26. The minimum atomic E-state index is -0.426. The summed E-state index contributed by atoms with van der Waals surface area (Å²) in [7, 11) is 1.34. The Balaban J connectivity index is 1.62. The van der Waals surface area contributed by atoms with E-state index in [1.54, 1.807) is 11.4 Å². The minimum Gasteiger partial charge on any atom is -0.465 e. The fourth-order valence-electron chi connectivity index (χ4n) is 3.03. The van der Waals surface area contributed by atoms with Crippen molar-refractivity contribution in [3.8, 4) is 0 Å². The topological polar surface area (TPSA) is 58.6 Å². The Labute approximate surface area is 164 Å². The fraction of sp³-hybridized carbons (Fsp3) is 0.429. The van der Waals surface area contributed by atoms with Gasteiger partial charge >= 0.3 is 5.97 Å². The number of amides is 1. The van der Waals surface area contributed by atoms with Gasteiger partial charge in [-0.1, -0.05) is 38.1 Å². The lowest BCUT2D eigenvalue weighted by atomic mass is 10.0. The van der Waals surface area contributed by atoms with E-state index in [1.807, 2.05) is 0 Å². The second-order valence-corrected chi connectivity index (χ2v) is 8.15. The molecule has 1 amide bonds. The van der Waals surface area contributed by atoms with Crippen LogP contribution in [-0.2, 0) is 16.1 Å². The van der Waals surface area contributed by atoms with Crippen LogP contribution in [0.1, 0.15) is 53.4 Å². The highest BCUT2D eigenvalue weighted by Crippen LogP contribution is 2.29. The molecule has 0 aliphatic heterocycles. The number of hydrogen-bond donors (Lipinski definition) is 1. The number of ether oxygens (including phenoxy) is 1. The Morgan fingerprint density at radius 1 is 1.22 bits per heavy atom. The van der Waals surface area contributed by atoms with E-state index in [9.17, 15) is 9.59 Å². The van der Waals surface area contributed by atoms with Crippen LogP contribution < -0.4 is 5.32 Å². The largest absolute Gasteiger partial charge is 0.465 e. The lowest BCUT2D eigenvalue weighted by molar-refractivity contribution is -0.117. The molecule has 6 heteroatoms. The number of carbonyl (C=O) groups is 2. The number of esters is 1. The molecule has 1 aliphatic rings. The Bertz CT molecular complexity index is 794. The summed E-state index contributed by atoms with van der Waals surface area (Å²) in [5, 5.41) is 4.63. The monoisotopic (exact) mass is 386 g/mol. The van der Waals surface area contributed by atoms with Crippen LogP contribution in [0.2, 0.25) is 0 Å². The van der Waals surface area contributed by atoms with Gasteiger partial charge in [0.2, 0.25) is 5.91 Å². The number of rotatable bonds is 8. The summed E-state index contributed by atoms with van der Waals surface area (Å²) >= 11 is 1.27. The summed E-state index contributed by atoms with van der Waals surface area (Å²) in [6.07, 6.45) is 2.26. The SMILES string of the molecule is COC(=O)c1sccc1NC(=O)CN(Cc1ccc(C(C)C)cc1)C1CC1. The average Bonchev–Trinajstić information content (AvgIpc) is 3.40. The van der Waals surface area contributed by atoms with Gasteiger partial charge in [0.05, 0.1) is 19.3 Å². The number of anilines is 1. The van der Waals surface area contributed by atoms with Crippen molar-refractivity contribution < 1.29 is 14.3 Å². The van der Waals surface area contributed by atoms with E-state index in [2.05, 4.69) is 48.3 Å². The third-order valence-electron chi connectivity index (χ3n) is 4.75. The lowest BCUT2D eigenvalue weighted by Gasteiger charge is -2.22. The van der Waals surface area contributed by atoms with Crippen molar-refractivity contribution in [2.75, 3.05) is 19.0 Å². The van der Waals surface area contributed by atoms with Gasteiger partial charge in [0.15, 0.2) is 0 Å². The standard InChI is InChI=1S/C21H26N2O3S/c1-14(2)16-6-4-15(5-7-16)12-23(17-8-9-17)13-19(24)22-18-10-11-27-20(18)21(25)26-3/h4-7,10-11,14,17H,8-9,12-13H2,1-3H3,(H,22,24). The molecule has 0 bridgehead atoms. The lowest BCUT2D eigenvalue weighted by Crippen LogP contribution is -2.34. The summed E-state index contributed by atoms with van der Waals surface area (Å²) in [5.41, 5.74) is 3.06. The summed E-state index contributed by atoms with van der Waals surface area (Å²) in [5.74, 6) is -0.0205. The summed E-state index contributed by atoms with van der Waals surface area (Å²) in [4.78, 5) is 26.9. The first-order chi connectivity index (χ1) is 13.0. The first kappa shape index (κ1) is 19.6. The van der Waals surface area contributed by atoms with Gasteiger partial charge in [-0.15, -0.1) is 11.3 Å². The smallest absolute Gasteiger partial charge is 0.350 e. The van der Waals surface area contributed by atoms with E-state index in [1.165, 1.54) is 29.6 Å². The van der Waals surface area contributed by atoms with E-state index in [0.29, 0.717) is 29.1 Å². The number of carbonyl (C=O) groups excluding carboxylic acids is 2. The van der Waals surface area contributed by atoms with Gasteiger partial charge in [0, 0.05) is 12.6 Å². The van der Waals surface area contributed by atoms with Crippen LogP contribution in [0.25, 0.3) is 0 Å². The molecule has 1 aromatic heterocycles. The maximum atomic E-state index is 12.5. The van der Waals surface area contributed by atoms with E-state index < -0.39 is 5.97 Å². The zero-order chi connectivity index (χ0) is 19.4. The Kier molecular flexibility index (Phi) is 6.29. The fourth-order valence-corrected chi connectivity index (χ4v) is 3.79. The molecule has 1 saturated carbocycles. The van der Waals surface area contributed by atoms with Crippen LogP contribution in [0, 0.1) is 0 Å². The number of nitrogens with zero attached hydrogens (tertiary/aromatic N) is 1. The van der Waals surface area contributed by atoms with Crippen molar-refractivity contribution in [1.29, 1.82) is 0 Å². The van der Waals surface area contributed by atoms with Crippen LogP contribution >= 0.6 is 11.3 Å². The van der Waals surface area contributed by atoms with Crippen molar-refractivity contribution in [3.63, 3.8) is 0 Å². The molecule has 0 unspecified atom stereocenters. The second-order valence-electron chi connectivity index (χ2n) is 7.24. The zero-order valence-electron chi connectivity index (χ0n) is 16.0. The third kappa shape index (κ3) is 5.17. The van der Waals surface area contributed by atoms with Crippen molar-refractivity contribution in [1.82, 2.24) is 4.90 Å². The Hall–Kier alpha value is -2.18. The summed E-state index contributed by atoms with van der Waals surface area (Å²) in [6.45, 7) is 5.43. The Morgan fingerprint density at radius 3 is 2.52 bits per heavy atom. The Morgan fingerprint density at radius 2 is 1.93 bits per heavy atom. The maximum Gasteiger partial charge on any atom is 0.350 e. The predicted octanol–water partition coefficient (Wildman–Crippen LogP) is 4.26. The van der Waals surface area contributed by atoms with Crippen LogP contribution in [-0.4, -0.2) is 36.5 Å². The number of hydrogen-bond acceptors (Lipinski definition) is 5. The van der Waals surface area contributed by atoms with Gasteiger partial charge in [-0.3, -0.25) is 9.69 Å². The summed E-state index contributed by atoms with van der Waals surface area (Å²) in [6, 6.07) is 10.8. The molecule has 1 fully saturated rings. The molecule has 0 spiro atoms. The number of thiophene rings is 1. The van der Waals surface area contributed by atoms with Gasteiger partial charge < -0.3 is 10.1 Å². The van der Waals surface area contributed by atoms with Crippen LogP contribution in [0.15, 0.2) is 35.7 Å². The van der Waals surface area contributed by atoms with E-state index in [4.69, 9.17) is 4.74 Å². The second kappa shape index (κ2) is 8.67. The van der Waals surface area contributed by atoms with Gasteiger partial charge in [0.25, 0.3) is 0 Å². The molecule has 5 nitrogen and oxygen atoms in total. The minimum absolute atomic E-state index is 0.107. The molecule has 1 aliphatic carbocycles. The van der Waals surface area contributed by atoms with Crippen LogP contribution in [0.3, 0.4) is 0 Å². The van der Waals surface area contributed by atoms with Gasteiger partial charge in [-0.2, -0.15) is 0 Å². The molecule has 1 aromatic carbocycles. The van der Waals surface area contributed by atoms with E-state index in [0.717, 1.165) is 19.4 Å². The highest BCUT2D eigenvalue weighted by Gasteiger charge is 2.30. The van der Waals surface area contributed by atoms with Gasteiger partial charge in [-0.05, 0) is 41.3 Å². The molecule has 3 rings (SSSR count). The molecular formula is C21H26N2O3S. The molecule has 2 aromatic rings. The van der Waals surface area contributed by atoms with Crippen LogP contribution in [0.4, 0.5) is 5.69 Å². The van der Waals surface area contributed by atoms with Crippen LogP contribution in [0.5, 0.6) is 0 Å². The molecule has 1 heterocycles. The van der Waals surface area contributed by atoms with Gasteiger partial charge in [0.1, 0.15) is 4.88 Å². The molecule has 0 atom stereocenters. The molecule has 0 saturated heterocycles. The van der Waals surface area contributed by atoms with Gasteiger partial charge in [-0.25, -0.2) is 4.79 Å². The quantitative estimate of drug-likeness (QED) is 0.689. The maximum absolute atomic E-state index is 12.5. The van der Waals surface area contributed by atoms with E-state index >= 15 is 0 Å². The molecular weight excluding hydrogens is 360 g/mol. The predicted molar refractivity (Wildman–Crippen MR) is 108 cm³/mol. The third-order valence-corrected chi connectivity index (χ3v) is 5.65. The number of benzene rings is 1. The molecule has 1 N–H and O–H groups in total. The first-order valence-corrected chi connectivity index (χ1v) is 10.1. The molecule has 144 valence electrons. The highest BCUT2D eigenvalue weighted by atomic mass is 32.1.